The molecule has 0 saturated heterocycles. The summed E-state index contributed by atoms with van der Waals surface area (Å²) in [6.45, 7) is 4.24. The zero-order valence-electron chi connectivity index (χ0n) is 13.7. The highest BCUT2D eigenvalue weighted by Crippen LogP contribution is 2.37. The summed E-state index contributed by atoms with van der Waals surface area (Å²) in [7, 11) is 0. The molecule has 1 aliphatic rings. The number of benzene rings is 1. The van der Waals surface area contributed by atoms with Crippen molar-refractivity contribution in [1.29, 1.82) is 0 Å². The van der Waals surface area contributed by atoms with Crippen LogP contribution in [0.25, 0.3) is 0 Å². The molecule has 6 nitrogen and oxygen atoms in total. The van der Waals surface area contributed by atoms with Crippen LogP contribution in [0.1, 0.15) is 60.3 Å². The Morgan fingerprint density at radius 2 is 2.04 bits per heavy atom. The first-order valence-electron chi connectivity index (χ1n) is 8.17. The summed E-state index contributed by atoms with van der Waals surface area (Å²) in [6, 6.07) is 8.75. The fourth-order valence-corrected chi connectivity index (χ4v) is 3.23. The number of fused-ring (bicyclic) bond motifs is 1. The first-order chi connectivity index (χ1) is 11.6. The van der Waals surface area contributed by atoms with Gasteiger partial charge in [0.25, 0.3) is 5.91 Å². The molecule has 1 N–H and O–H groups in total. The molecule has 2 heterocycles. The zero-order chi connectivity index (χ0) is 17.3. The fourth-order valence-electron chi connectivity index (χ4n) is 3.23. The minimum absolute atomic E-state index is 0.106. The van der Waals surface area contributed by atoms with Crippen LogP contribution in [0.3, 0.4) is 0 Å². The molecule has 3 rings (SSSR count). The number of hydrogen-bond donors (Lipinski definition) is 1. The predicted octanol–water partition coefficient (Wildman–Crippen LogP) is 3.41. The minimum atomic E-state index is -0.937. The molecule has 0 aliphatic carbocycles. The van der Waals surface area contributed by atoms with E-state index in [2.05, 4.69) is 19.0 Å². The van der Waals surface area contributed by atoms with Crippen LogP contribution in [0, 0.1) is 0 Å². The number of carboxylic acid groups (broad SMARTS) is 1. The van der Waals surface area contributed by atoms with Crippen LogP contribution in [-0.2, 0) is 4.79 Å². The summed E-state index contributed by atoms with van der Waals surface area (Å²) >= 11 is 0. The number of rotatable bonds is 5. The largest absolute Gasteiger partial charge is 0.481 e. The zero-order valence-corrected chi connectivity index (χ0v) is 13.7. The summed E-state index contributed by atoms with van der Waals surface area (Å²) in [6.07, 6.45) is 1.84. The molecule has 0 radical (unpaired) electrons. The van der Waals surface area contributed by atoms with E-state index in [4.69, 9.17) is 4.52 Å². The highest BCUT2D eigenvalue weighted by Gasteiger charge is 2.37. The van der Waals surface area contributed by atoms with E-state index in [1.807, 2.05) is 0 Å². The van der Waals surface area contributed by atoms with Gasteiger partial charge in [-0.05, 0) is 24.5 Å². The van der Waals surface area contributed by atoms with Gasteiger partial charge in [0.1, 0.15) is 5.92 Å². The minimum Gasteiger partial charge on any atom is -0.481 e. The molecule has 1 aromatic heterocycles. The molecule has 1 aromatic carbocycles. The first-order valence-corrected chi connectivity index (χ1v) is 8.17. The Hall–Kier alpha value is -2.63. The van der Waals surface area contributed by atoms with Crippen LogP contribution in [0.5, 0.6) is 0 Å². The maximum Gasteiger partial charge on any atom is 0.312 e. The lowest BCUT2D eigenvalue weighted by molar-refractivity contribution is -0.138. The van der Waals surface area contributed by atoms with Crippen molar-refractivity contribution in [3.8, 4) is 0 Å². The van der Waals surface area contributed by atoms with Crippen molar-refractivity contribution in [3.05, 3.63) is 47.3 Å². The lowest BCUT2D eigenvalue weighted by atomic mass is 9.99. The number of aromatic nitrogens is 1. The Morgan fingerprint density at radius 1 is 1.33 bits per heavy atom. The number of carbonyl (C=O) groups is 2. The van der Waals surface area contributed by atoms with Gasteiger partial charge in [-0.25, -0.2) is 0 Å². The van der Waals surface area contributed by atoms with Crippen LogP contribution < -0.4 is 4.90 Å². The Balaban J connectivity index is 1.90. The highest BCUT2D eigenvalue weighted by atomic mass is 16.5. The van der Waals surface area contributed by atoms with Gasteiger partial charge >= 0.3 is 5.97 Å². The number of aliphatic carboxylic acids is 1. The third-order valence-electron chi connectivity index (χ3n) is 4.65. The second kappa shape index (κ2) is 6.47. The predicted molar refractivity (Wildman–Crippen MR) is 88.3 cm³/mol. The quantitative estimate of drug-likeness (QED) is 0.909. The van der Waals surface area contributed by atoms with Crippen molar-refractivity contribution in [2.24, 2.45) is 0 Å². The van der Waals surface area contributed by atoms with E-state index >= 15 is 0 Å². The number of amides is 1. The van der Waals surface area contributed by atoms with Crippen molar-refractivity contribution in [2.45, 2.75) is 38.5 Å². The van der Waals surface area contributed by atoms with Gasteiger partial charge in [0.15, 0.2) is 0 Å². The molecule has 0 spiro atoms. The average Bonchev–Trinajstić information content (AvgIpc) is 3.20. The standard InChI is InChI=1S/C18H20N2O4/c1-3-11(4-2)14-9-16(24-19-14)17(21)20-10-13(18(22)23)12-7-5-6-8-15(12)20/h5-9,11,13H,3-4,10H2,1-2H3,(H,22,23). The van der Waals surface area contributed by atoms with Crippen LogP contribution >= 0.6 is 0 Å². The van der Waals surface area contributed by atoms with Gasteiger partial charge in [0, 0.05) is 24.2 Å². The molecular weight excluding hydrogens is 308 g/mol. The van der Waals surface area contributed by atoms with Crippen LogP contribution in [0.4, 0.5) is 5.69 Å². The van der Waals surface area contributed by atoms with Crippen LogP contribution in [0.2, 0.25) is 0 Å². The number of carboxylic acids is 1. The van der Waals surface area contributed by atoms with Gasteiger partial charge in [0.2, 0.25) is 5.76 Å². The second-order valence-corrected chi connectivity index (χ2v) is 5.99. The van der Waals surface area contributed by atoms with E-state index < -0.39 is 11.9 Å². The van der Waals surface area contributed by atoms with Gasteiger partial charge in [-0.2, -0.15) is 0 Å². The summed E-state index contributed by atoms with van der Waals surface area (Å²) in [5.74, 6) is -1.60. The first kappa shape index (κ1) is 16.2. The second-order valence-electron chi connectivity index (χ2n) is 5.99. The van der Waals surface area contributed by atoms with Gasteiger partial charge in [-0.3, -0.25) is 9.59 Å². The molecule has 24 heavy (non-hydrogen) atoms. The molecule has 1 amide bonds. The van der Waals surface area contributed by atoms with E-state index in [1.54, 1.807) is 30.3 Å². The number of nitrogens with zero attached hydrogens (tertiary/aromatic N) is 2. The summed E-state index contributed by atoms with van der Waals surface area (Å²) < 4.78 is 5.25. The highest BCUT2D eigenvalue weighted by molar-refractivity contribution is 6.07. The fraction of sp³-hybridized carbons (Fsp3) is 0.389. The summed E-state index contributed by atoms with van der Waals surface area (Å²) in [5, 5.41) is 13.4. The summed E-state index contributed by atoms with van der Waals surface area (Å²) in [5.41, 5.74) is 2.04. The number of hydrogen-bond acceptors (Lipinski definition) is 4. The third-order valence-corrected chi connectivity index (χ3v) is 4.65. The molecule has 0 fully saturated rings. The Kier molecular flexibility index (Phi) is 4.38. The normalized spacial score (nSPS) is 16.5. The molecular formula is C18H20N2O4. The van der Waals surface area contributed by atoms with Crippen molar-refractivity contribution in [2.75, 3.05) is 11.4 Å². The van der Waals surface area contributed by atoms with Gasteiger partial charge in [-0.15, -0.1) is 0 Å². The Morgan fingerprint density at radius 3 is 2.71 bits per heavy atom. The molecule has 6 heteroatoms. The molecule has 0 saturated carbocycles. The van der Waals surface area contributed by atoms with Crippen LogP contribution in [-0.4, -0.2) is 28.7 Å². The van der Waals surface area contributed by atoms with Gasteiger partial charge in [0.05, 0.1) is 5.69 Å². The number of carbonyl (C=O) groups excluding carboxylic acids is 1. The number of para-hydroxylation sites is 1. The van der Waals surface area contributed by atoms with E-state index in [9.17, 15) is 14.7 Å². The Bertz CT molecular complexity index is 764. The smallest absolute Gasteiger partial charge is 0.312 e. The Labute approximate surface area is 140 Å². The van der Waals surface area contributed by atoms with E-state index in [0.717, 1.165) is 18.5 Å². The molecule has 2 aromatic rings. The van der Waals surface area contributed by atoms with Crippen molar-refractivity contribution >= 4 is 17.6 Å². The lowest BCUT2D eigenvalue weighted by Crippen LogP contribution is -2.31. The SMILES string of the molecule is CCC(CC)c1cc(C(=O)N2CC(C(=O)O)c3ccccc32)on1. The van der Waals surface area contributed by atoms with Crippen molar-refractivity contribution in [1.82, 2.24) is 5.16 Å². The molecule has 126 valence electrons. The van der Waals surface area contributed by atoms with Crippen LogP contribution in [0.15, 0.2) is 34.9 Å². The number of anilines is 1. The maximum atomic E-state index is 12.8. The topological polar surface area (TPSA) is 83.6 Å². The monoisotopic (exact) mass is 328 g/mol. The molecule has 1 aliphatic heterocycles. The molecule has 1 atom stereocenters. The average molecular weight is 328 g/mol. The molecule has 1 unspecified atom stereocenters. The van der Waals surface area contributed by atoms with Gasteiger partial charge < -0.3 is 14.5 Å². The van der Waals surface area contributed by atoms with E-state index in [-0.39, 0.29) is 24.1 Å². The van der Waals surface area contributed by atoms with Crippen molar-refractivity contribution < 1.29 is 19.2 Å². The maximum absolute atomic E-state index is 12.8. The van der Waals surface area contributed by atoms with Gasteiger partial charge in [-0.1, -0.05) is 37.2 Å². The van der Waals surface area contributed by atoms with E-state index in [0.29, 0.717) is 11.3 Å². The third kappa shape index (κ3) is 2.68. The van der Waals surface area contributed by atoms with Crippen molar-refractivity contribution in [3.63, 3.8) is 0 Å². The molecule has 0 bridgehead atoms. The van der Waals surface area contributed by atoms with E-state index in [1.165, 1.54) is 4.90 Å². The lowest BCUT2D eigenvalue weighted by Gasteiger charge is -2.15. The summed E-state index contributed by atoms with van der Waals surface area (Å²) in [4.78, 5) is 25.7.